The van der Waals surface area contributed by atoms with Crippen molar-refractivity contribution in [3.8, 4) is 0 Å². The molecule has 0 bridgehead atoms. The van der Waals surface area contributed by atoms with Crippen LogP contribution in [0.25, 0.3) is 0 Å². The second-order valence-electron chi connectivity index (χ2n) is 5.66. The molecule has 1 atom stereocenters. The summed E-state index contributed by atoms with van der Waals surface area (Å²) < 4.78 is 0. The number of hydrogen-bond acceptors (Lipinski definition) is 3. The summed E-state index contributed by atoms with van der Waals surface area (Å²) in [5.41, 5.74) is 1.45. The van der Waals surface area contributed by atoms with E-state index in [0.717, 1.165) is 6.04 Å². The molecule has 0 N–H and O–H groups in total. The van der Waals surface area contributed by atoms with E-state index >= 15 is 0 Å². The summed E-state index contributed by atoms with van der Waals surface area (Å²) in [6.07, 6.45) is 7.69. The third-order valence-electron chi connectivity index (χ3n) is 4.48. The molecular weight excluding hydrogens is 252 g/mol. The monoisotopic (exact) mass is 276 g/mol. The molecule has 2 saturated heterocycles. The van der Waals surface area contributed by atoms with Crippen molar-refractivity contribution in [2.24, 2.45) is 0 Å². The molecule has 1 unspecified atom stereocenters. The van der Waals surface area contributed by atoms with Gasteiger partial charge in [-0.25, -0.2) is 0 Å². The van der Waals surface area contributed by atoms with Gasteiger partial charge in [-0.05, 0) is 44.2 Å². The number of piperidine rings is 1. The van der Waals surface area contributed by atoms with Gasteiger partial charge in [-0.3, -0.25) is 4.90 Å². The van der Waals surface area contributed by atoms with Gasteiger partial charge in [0.05, 0.1) is 5.69 Å². The highest BCUT2D eigenvalue weighted by Crippen LogP contribution is 2.31. The van der Waals surface area contributed by atoms with Crippen LogP contribution in [0.3, 0.4) is 0 Å². The van der Waals surface area contributed by atoms with Gasteiger partial charge in [0.15, 0.2) is 0 Å². The number of thioether (sulfide) groups is 1. The molecule has 0 aliphatic carbocycles. The van der Waals surface area contributed by atoms with Crippen LogP contribution in [0.5, 0.6) is 0 Å². The first-order chi connectivity index (χ1) is 9.38. The molecule has 0 spiro atoms. The van der Waals surface area contributed by atoms with Gasteiger partial charge in [-0.1, -0.05) is 18.6 Å². The van der Waals surface area contributed by atoms with E-state index in [1.54, 1.807) is 0 Å². The van der Waals surface area contributed by atoms with Crippen molar-refractivity contribution in [1.29, 1.82) is 0 Å². The zero-order valence-electron chi connectivity index (χ0n) is 11.8. The minimum Gasteiger partial charge on any atom is -0.369 e. The Bertz CT molecular complexity index is 421. The average molecular weight is 276 g/mol. The fourth-order valence-corrected chi connectivity index (χ4v) is 4.10. The number of anilines is 1. The van der Waals surface area contributed by atoms with Crippen molar-refractivity contribution < 1.29 is 0 Å². The molecule has 104 valence electrons. The number of rotatable bonds is 2. The molecule has 2 fully saturated rings. The van der Waals surface area contributed by atoms with E-state index in [0.29, 0.717) is 0 Å². The van der Waals surface area contributed by atoms with Crippen molar-refractivity contribution in [3.63, 3.8) is 0 Å². The summed E-state index contributed by atoms with van der Waals surface area (Å²) in [6, 6.07) is 9.66. The number of fused-ring (bicyclic) bond motifs is 1. The van der Waals surface area contributed by atoms with Gasteiger partial charge in [-0.2, -0.15) is 0 Å². The zero-order valence-corrected chi connectivity index (χ0v) is 12.7. The van der Waals surface area contributed by atoms with Crippen LogP contribution < -0.4 is 4.90 Å². The summed E-state index contributed by atoms with van der Waals surface area (Å²) in [4.78, 5) is 6.78. The lowest BCUT2D eigenvalue weighted by atomic mass is 10.0. The Labute approximate surface area is 121 Å². The molecule has 2 heterocycles. The van der Waals surface area contributed by atoms with E-state index in [4.69, 9.17) is 0 Å². The molecule has 3 heteroatoms. The Kier molecular flexibility index (Phi) is 4.34. The van der Waals surface area contributed by atoms with E-state index in [-0.39, 0.29) is 0 Å². The average Bonchev–Trinajstić information content (AvgIpc) is 2.69. The number of para-hydroxylation sites is 1. The maximum Gasteiger partial charge on any atom is 0.0504 e. The lowest BCUT2D eigenvalue weighted by molar-refractivity contribution is 0.162. The molecule has 0 radical (unpaired) electrons. The maximum atomic E-state index is 2.73. The molecule has 2 nitrogen and oxygen atoms in total. The molecular formula is C16H24N2S. The Morgan fingerprint density at radius 2 is 1.89 bits per heavy atom. The SMILES string of the molecule is CSc1ccccc1N1CCCN2CCCCC2C1. The first-order valence-corrected chi connectivity index (χ1v) is 8.73. The van der Waals surface area contributed by atoms with Crippen LogP contribution in [-0.2, 0) is 0 Å². The predicted octanol–water partition coefficient (Wildman–Crippen LogP) is 3.47. The van der Waals surface area contributed by atoms with Crippen LogP contribution in [-0.4, -0.2) is 43.4 Å². The fourth-order valence-electron chi connectivity index (χ4n) is 3.48. The van der Waals surface area contributed by atoms with Crippen molar-refractivity contribution in [2.75, 3.05) is 37.3 Å². The zero-order chi connectivity index (χ0) is 13.1. The van der Waals surface area contributed by atoms with Gasteiger partial charge in [0, 0.05) is 30.6 Å². The lowest BCUT2D eigenvalue weighted by Crippen LogP contribution is -2.44. The highest BCUT2D eigenvalue weighted by atomic mass is 32.2. The van der Waals surface area contributed by atoms with E-state index < -0.39 is 0 Å². The Hall–Kier alpha value is -0.670. The highest BCUT2D eigenvalue weighted by molar-refractivity contribution is 7.98. The van der Waals surface area contributed by atoms with Crippen LogP contribution in [0.1, 0.15) is 25.7 Å². The quantitative estimate of drug-likeness (QED) is 0.764. The van der Waals surface area contributed by atoms with Crippen LogP contribution in [0.15, 0.2) is 29.2 Å². The minimum atomic E-state index is 0.783. The van der Waals surface area contributed by atoms with Crippen molar-refractivity contribution in [3.05, 3.63) is 24.3 Å². The van der Waals surface area contributed by atoms with Gasteiger partial charge >= 0.3 is 0 Å². The second-order valence-corrected chi connectivity index (χ2v) is 6.51. The molecule has 2 aliphatic heterocycles. The van der Waals surface area contributed by atoms with E-state index in [1.165, 1.54) is 62.4 Å². The van der Waals surface area contributed by atoms with Crippen LogP contribution in [0, 0.1) is 0 Å². The summed E-state index contributed by atoms with van der Waals surface area (Å²) in [5, 5.41) is 0. The summed E-state index contributed by atoms with van der Waals surface area (Å²) in [7, 11) is 0. The van der Waals surface area contributed by atoms with E-state index in [9.17, 15) is 0 Å². The first kappa shape index (κ1) is 13.3. The normalized spacial score (nSPS) is 24.9. The molecule has 3 rings (SSSR count). The fraction of sp³-hybridized carbons (Fsp3) is 0.625. The van der Waals surface area contributed by atoms with Gasteiger partial charge < -0.3 is 4.90 Å². The molecule has 0 aromatic heterocycles. The van der Waals surface area contributed by atoms with Crippen molar-refractivity contribution in [1.82, 2.24) is 4.90 Å². The van der Waals surface area contributed by atoms with Crippen LogP contribution in [0.2, 0.25) is 0 Å². The second kappa shape index (κ2) is 6.19. The Morgan fingerprint density at radius 3 is 2.79 bits per heavy atom. The maximum absolute atomic E-state index is 2.73. The lowest BCUT2D eigenvalue weighted by Gasteiger charge is -2.36. The first-order valence-electron chi connectivity index (χ1n) is 7.50. The Morgan fingerprint density at radius 1 is 1.05 bits per heavy atom. The number of benzene rings is 1. The van der Waals surface area contributed by atoms with Crippen molar-refractivity contribution in [2.45, 2.75) is 36.6 Å². The summed E-state index contributed by atoms with van der Waals surface area (Å²) >= 11 is 1.87. The molecule has 2 aliphatic rings. The molecule has 1 aromatic carbocycles. The topological polar surface area (TPSA) is 6.48 Å². The van der Waals surface area contributed by atoms with Crippen molar-refractivity contribution >= 4 is 17.4 Å². The van der Waals surface area contributed by atoms with Gasteiger partial charge in [0.2, 0.25) is 0 Å². The largest absolute Gasteiger partial charge is 0.369 e. The minimum absolute atomic E-state index is 0.783. The molecule has 19 heavy (non-hydrogen) atoms. The molecule has 0 saturated carbocycles. The smallest absolute Gasteiger partial charge is 0.0504 e. The third-order valence-corrected chi connectivity index (χ3v) is 5.26. The van der Waals surface area contributed by atoms with Gasteiger partial charge in [-0.15, -0.1) is 11.8 Å². The molecule has 1 aromatic rings. The standard InChI is InChI=1S/C16H24N2S/c1-19-16-9-3-2-8-15(16)18-12-6-11-17-10-5-4-7-14(17)13-18/h2-3,8-9,14H,4-7,10-13H2,1H3. The van der Waals surface area contributed by atoms with Crippen LogP contribution >= 0.6 is 11.8 Å². The van der Waals surface area contributed by atoms with Gasteiger partial charge in [0.1, 0.15) is 0 Å². The highest BCUT2D eigenvalue weighted by Gasteiger charge is 2.27. The summed E-state index contributed by atoms with van der Waals surface area (Å²) in [6.45, 7) is 5.05. The number of nitrogens with zero attached hydrogens (tertiary/aromatic N) is 2. The van der Waals surface area contributed by atoms with E-state index in [2.05, 4.69) is 40.3 Å². The van der Waals surface area contributed by atoms with Crippen LogP contribution in [0.4, 0.5) is 5.69 Å². The molecule has 0 amide bonds. The summed E-state index contributed by atoms with van der Waals surface area (Å²) in [5.74, 6) is 0. The third kappa shape index (κ3) is 2.92. The number of hydrogen-bond donors (Lipinski definition) is 0. The Balaban J connectivity index is 1.80. The van der Waals surface area contributed by atoms with E-state index in [1.807, 2.05) is 11.8 Å². The predicted molar refractivity (Wildman–Crippen MR) is 84.3 cm³/mol. The van der Waals surface area contributed by atoms with Gasteiger partial charge in [0.25, 0.3) is 0 Å².